The summed E-state index contributed by atoms with van der Waals surface area (Å²) in [5.74, 6) is 0.516. The molecule has 0 aliphatic rings. The standard InChI is InChI=1S/C22H29NO5.ClH/c1-16(22(27)17-7-3-2-4-8-17)23-12-6-11-21(26)18-9-5-10-20(13-18)28-15-19(25)14-24;/h2-5,7-10,13,16,19,22-25,27H,6,11-12,14-15H2,1H3;1H. The summed E-state index contributed by atoms with van der Waals surface area (Å²) >= 11 is 0. The van der Waals surface area contributed by atoms with E-state index in [4.69, 9.17) is 9.84 Å². The van der Waals surface area contributed by atoms with Gasteiger partial charge in [0.15, 0.2) is 5.78 Å². The molecular formula is C22H30ClNO5. The Morgan fingerprint density at radius 3 is 2.52 bits per heavy atom. The number of quaternary nitrogens is 1. The van der Waals surface area contributed by atoms with Crippen LogP contribution in [0.1, 0.15) is 41.8 Å². The van der Waals surface area contributed by atoms with Gasteiger partial charge in [0, 0.05) is 18.4 Å². The van der Waals surface area contributed by atoms with Crippen LogP contribution in [0.15, 0.2) is 54.6 Å². The summed E-state index contributed by atoms with van der Waals surface area (Å²) in [6.45, 7) is 2.33. The Morgan fingerprint density at radius 2 is 1.83 bits per heavy atom. The monoisotopic (exact) mass is 423 g/mol. The number of hydrogen-bond acceptors (Lipinski definition) is 5. The lowest BCUT2D eigenvalue weighted by molar-refractivity contribution is -0.694. The summed E-state index contributed by atoms with van der Waals surface area (Å²) in [6.07, 6.45) is -0.366. The van der Waals surface area contributed by atoms with Gasteiger partial charge in [0.2, 0.25) is 0 Å². The minimum absolute atomic E-state index is 0. The molecule has 2 aromatic rings. The Kier molecular flexibility index (Phi) is 11.5. The fraction of sp³-hybridized carbons (Fsp3) is 0.409. The van der Waals surface area contributed by atoms with Gasteiger partial charge in [0.1, 0.15) is 30.6 Å². The van der Waals surface area contributed by atoms with Crippen LogP contribution in [0.2, 0.25) is 0 Å². The Morgan fingerprint density at radius 1 is 1.10 bits per heavy atom. The fourth-order valence-electron chi connectivity index (χ4n) is 2.87. The van der Waals surface area contributed by atoms with Gasteiger partial charge in [-0.25, -0.2) is 0 Å². The second-order valence-corrected chi connectivity index (χ2v) is 6.94. The molecule has 0 radical (unpaired) electrons. The molecule has 0 saturated heterocycles. The van der Waals surface area contributed by atoms with E-state index in [9.17, 15) is 15.0 Å². The van der Waals surface area contributed by atoms with Gasteiger partial charge < -0.3 is 37.8 Å². The molecule has 0 aliphatic carbocycles. The van der Waals surface area contributed by atoms with Crippen molar-refractivity contribution < 1.29 is 42.6 Å². The summed E-state index contributed by atoms with van der Waals surface area (Å²) in [4.78, 5) is 12.4. The second kappa shape index (κ2) is 13.3. The number of aliphatic hydroxyl groups is 3. The molecule has 0 aromatic heterocycles. The largest absolute Gasteiger partial charge is 1.00 e. The van der Waals surface area contributed by atoms with E-state index in [0.717, 1.165) is 12.1 Å². The van der Waals surface area contributed by atoms with Crippen LogP contribution in [-0.2, 0) is 0 Å². The minimum atomic E-state index is -0.942. The van der Waals surface area contributed by atoms with Crippen molar-refractivity contribution in [2.75, 3.05) is 19.8 Å². The van der Waals surface area contributed by atoms with Crippen LogP contribution in [0.25, 0.3) is 0 Å². The highest BCUT2D eigenvalue weighted by Gasteiger charge is 2.18. The van der Waals surface area contributed by atoms with Gasteiger partial charge in [-0.3, -0.25) is 4.79 Å². The minimum Gasteiger partial charge on any atom is -1.00 e. The maximum atomic E-state index is 12.4. The van der Waals surface area contributed by atoms with Crippen molar-refractivity contribution in [2.45, 2.75) is 38.0 Å². The highest BCUT2D eigenvalue weighted by Crippen LogP contribution is 2.16. The van der Waals surface area contributed by atoms with Crippen LogP contribution < -0.4 is 22.5 Å². The van der Waals surface area contributed by atoms with Gasteiger partial charge >= 0.3 is 0 Å². The van der Waals surface area contributed by atoms with E-state index in [2.05, 4.69) is 5.32 Å². The first-order valence-corrected chi connectivity index (χ1v) is 9.62. The topological polar surface area (TPSA) is 104 Å². The van der Waals surface area contributed by atoms with E-state index in [0.29, 0.717) is 24.2 Å². The van der Waals surface area contributed by atoms with E-state index in [1.165, 1.54) is 0 Å². The number of aliphatic hydroxyl groups excluding tert-OH is 3. The number of ether oxygens (including phenoxy) is 1. The van der Waals surface area contributed by atoms with E-state index in [1.807, 2.05) is 37.3 Å². The van der Waals surface area contributed by atoms with E-state index < -0.39 is 12.2 Å². The number of hydrogen-bond donors (Lipinski definition) is 4. The Hall–Kier alpha value is -1.96. The lowest BCUT2D eigenvalue weighted by Gasteiger charge is -2.17. The molecule has 0 bridgehead atoms. The molecule has 0 spiro atoms. The number of halogens is 1. The van der Waals surface area contributed by atoms with Crippen LogP contribution in [0.5, 0.6) is 5.75 Å². The number of nitrogens with two attached hydrogens (primary N) is 1. The van der Waals surface area contributed by atoms with Gasteiger partial charge in [-0.15, -0.1) is 0 Å². The third-order valence-corrected chi connectivity index (χ3v) is 4.59. The number of carbonyl (C=O) groups excluding carboxylic acids is 1. The van der Waals surface area contributed by atoms with Gasteiger partial charge in [-0.1, -0.05) is 42.5 Å². The Balaban J connectivity index is 0.00000420. The third kappa shape index (κ3) is 8.51. The van der Waals surface area contributed by atoms with Crippen molar-refractivity contribution in [1.29, 1.82) is 0 Å². The molecule has 3 atom stereocenters. The molecule has 29 heavy (non-hydrogen) atoms. The predicted molar refractivity (Wildman–Crippen MR) is 106 cm³/mol. The van der Waals surface area contributed by atoms with Gasteiger partial charge in [-0.2, -0.15) is 0 Å². The highest BCUT2D eigenvalue weighted by atomic mass is 35.5. The lowest BCUT2D eigenvalue weighted by atomic mass is 10.0. The molecule has 2 rings (SSSR count). The molecule has 5 N–H and O–H groups in total. The molecule has 0 fully saturated rings. The maximum absolute atomic E-state index is 12.4. The van der Waals surface area contributed by atoms with Crippen molar-refractivity contribution in [3.05, 3.63) is 65.7 Å². The zero-order valence-electron chi connectivity index (χ0n) is 16.6. The van der Waals surface area contributed by atoms with Crippen molar-refractivity contribution >= 4 is 5.78 Å². The molecule has 160 valence electrons. The SMILES string of the molecule is CC([NH2+]CCCC(=O)c1cccc(OCC(O)CO)c1)C(O)c1ccccc1.[Cl-]. The number of benzene rings is 2. The number of rotatable bonds is 12. The smallest absolute Gasteiger partial charge is 0.163 e. The normalized spacial score (nSPS) is 13.8. The molecule has 0 amide bonds. The summed E-state index contributed by atoms with van der Waals surface area (Å²) in [6, 6.07) is 16.4. The summed E-state index contributed by atoms with van der Waals surface area (Å²) < 4.78 is 5.38. The summed E-state index contributed by atoms with van der Waals surface area (Å²) in [5.41, 5.74) is 1.46. The van der Waals surface area contributed by atoms with Gasteiger partial charge in [0.05, 0.1) is 13.2 Å². The van der Waals surface area contributed by atoms with E-state index in [-0.39, 0.29) is 37.4 Å². The number of ketones is 1. The zero-order chi connectivity index (χ0) is 20.4. The first-order chi connectivity index (χ1) is 13.5. The van der Waals surface area contributed by atoms with Crippen LogP contribution >= 0.6 is 0 Å². The third-order valence-electron chi connectivity index (χ3n) is 4.59. The fourth-order valence-corrected chi connectivity index (χ4v) is 2.87. The quantitative estimate of drug-likeness (QED) is 0.235. The molecule has 7 heteroatoms. The van der Waals surface area contributed by atoms with Crippen LogP contribution in [0.4, 0.5) is 0 Å². The Bertz CT molecular complexity index is 728. The number of Topliss-reactive ketones (excluding diaryl/α,β-unsaturated/α-hetero) is 1. The molecule has 6 nitrogen and oxygen atoms in total. The molecule has 2 aromatic carbocycles. The molecule has 0 aliphatic heterocycles. The van der Waals surface area contributed by atoms with Gasteiger partial charge in [0.25, 0.3) is 0 Å². The predicted octanol–water partition coefficient (Wildman–Crippen LogP) is -1.93. The average molecular weight is 424 g/mol. The maximum Gasteiger partial charge on any atom is 0.163 e. The van der Waals surface area contributed by atoms with E-state index >= 15 is 0 Å². The molecule has 3 unspecified atom stereocenters. The lowest BCUT2D eigenvalue weighted by Crippen LogP contribution is -3.00. The van der Waals surface area contributed by atoms with Crippen LogP contribution in [-0.4, -0.2) is 53.0 Å². The summed E-state index contributed by atoms with van der Waals surface area (Å²) in [7, 11) is 0. The second-order valence-electron chi connectivity index (χ2n) is 6.94. The molecule has 0 saturated carbocycles. The van der Waals surface area contributed by atoms with Crippen molar-refractivity contribution in [1.82, 2.24) is 0 Å². The van der Waals surface area contributed by atoms with E-state index in [1.54, 1.807) is 24.3 Å². The first kappa shape index (κ1) is 25.1. The first-order valence-electron chi connectivity index (χ1n) is 9.62. The Labute approximate surface area is 177 Å². The highest BCUT2D eigenvalue weighted by molar-refractivity contribution is 5.96. The van der Waals surface area contributed by atoms with Crippen molar-refractivity contribution in [3.8, 4) is 5.75 Å². The van der Waals surface area contributed by atoms with Crippen molar-refractivity contribution in [2.24, 2.45) is 0 Å². The van der Waals surface area contributed by atoms with Crippen LogP contribution in [0, 0.1) is 0 Å². The summed E-state index contributed by atoms with van der Waals surface area (Å²) in [5, 5.41) is 30.6. The number of carbonyl (C=O) groups is 1. The average Bonchev–Trinajstić information content (AvgIpc) is 2.74. The molecular weight excluding hydrogens is 394 g/mol. The van der Waals surface area contributed by atoms with Crippen LogP contribution in [0.3, 0.4) is 0 Å². The van der Waals surface area contributed by atoms with Gasteiger partial charge in [-0.05, 0) is 24.6 Å². The molecule has 0 heterocycles. The van der Waals surface area contributed by atoms with Crippen molar-refractivity contribution in [3.63, 3.8) is 0 Å². The zero-order valence-corrected chi connectivity index (χ0v) is 17.3.